The van der Waals surface area contributed by atoms with Crippen LogP contribution in [0.4, 0.5) is 17.8 Å². The number of unbranched alkanes of at least 4 members (excludes halogenated alkanes) is 1. The third kappa shape index (κ3) is 3.72. The van der Waals surface area contributed by atoms with Gasteiger partial charge in [0.1, 0.15) is 0 Å². The number of anilines is 3. The Labute approximate surface area is 109 Å². The first-order valence-corrected chi connectivity index (χ1v) is 6.48. The molecule has 0 aliphatic rings. The molecule has 0 spiro atoms. The van der Waals surface area contributed by atoms with Crippen molar-refractivity contribution in [2.24, 2.45) is 0 Å². The molecule has 1 aromatic rings. The molecule has 0 aromatic carbocycles. The maximum Gasteiger partial charge on any atom is 0.231 e. The van der Waals surface area contributed by atoms with Gasteiger partial charge < -0.3 is 15.1 Å². The summed E-state index contributed by atoms with van der Waals surface area (Å²) in [7, 11) is 5.68. The van der Waals surface area contributed by atoms with Gasteiger partial charge in [-0.15, -0.1) is 0 Å². The molecule has 18 heavy (non-hydrogen) atoms. The van der Waals surface area contributed by atoms with E-state index in [-0.39, 0.29) is 0 Å². The lowest BCUT2D eigenvalue weighted by atomic mass is 10.3. The molecule has 0 aliphatic carbocycles. The summed E-state index contributed by atoms with van der Waals surface area (Å²) in [5.74, 6) is 2.03. The molecule has 1 rings (SSSR count). The van der Waals surface area contributed by atoms with E-state index in [1.807, 2.05) is 26.0 Å². The van der Waals surface area contributed by atoms with Gasteiger partial charge in [-0.25, -0.2) is 0 Å². The number of hydrogen-bond acceptors (Lipinski definition) is 6. The first-order chi connectivity index (χ1) is 8.62. The summed E-state index contributed by atoms with van der Waals surface area (Å²) >= 11 is 0. The minimum atomic E-state index is 0.610. The Morgan fingerprint density at radius 2 is 1.72 bits per heavy atom. The van der Waals surface area contributed by atoms with E-state index in [4.69, 9.17) is 0 Å². The molecule has 1 heterocycles. The highest BCUT2D eigenvalue weighted by molar-refractivity contribution is 5.44. The molecule has 6 nitrogen and oxygen atoms in total. The van der Waals surface area contributed by atoms with E-state index in [9.17, 15) is 0 Å². The van der Waals surface area contributed by atoms with Crippen LogP contribution in [0.15, 0.2) is 0 Å². The van der Waals surface area contributed by atoms with Gasteiger partial charge in [0.05, 0.1) is 0 Å². The molecule has 6 heteroatoms. The fourth-order valence-corrected chi connectivity index (χ4v) is 1.56. The molecular weight excluding hydrogens is 228 g/mol. The third-order valence-corrected chi connectivity index (χ3v) is 2.68. The molecule has 0 amide bonds. The van der Waals surface area contributed by atoms with Crippen molar-refractivity contribution in [3.8, 4) is 0 Å². The van der Waals surface area contributed by atoms with Gasteiger partial charge in [0.2, 0.25) is 17.8 Å². The zero-order chi connectivity index (χ0) is 13.5. The number of nitrogens with zero attached hydrogens (tertiary/aromatic N) is 5. The Morgan fingerprint density at radius 1 is 1.06 bits per heavy atom. The standard InChI is InChI=1S/C12H24N6/c1-6-8-9-18(7-2)12-15-10(13-3)14-11(16-12)17(4)5/h6-9H2,1-5H3,(H,13,14,15,16). The van der Waals surface area contributed by atoms with Gasteiger partial charge in [-0.05, 0) is 13.3 Å². The van der Waals surface area contributed by atoms with E-state index in [1.54, 1.807) is 0 Å². The predicted octanol–water partition coefficient (Wildman–Crippen LogP) is 1.61. The molecule has 102 valence electrons. The quantitative estimate of drug-likeness (QED) is 0.795. The zero-order valence-corrected chi connectivity index (χ0v) is 12.1. The number of hydrogen-bond donors (Lipinski definition) is 1. The highest BCUT2D eigenvalue weighted by atomic mass is 15.3. The van der Waals surface area contributed by atoms with Crippen molar-refractivity contribution < 1.29 is 0 Å². The summed E-state index contributed by atoms with van der Waals surface area (Å²) in [6, 6.07) is 0. The van der Waals surface area contributed by atoms with Crippen molar-refractivity contribution in [1.29, 1.82) is 0 Å². The van der Waals surface area contributed by atoms with Gasteiger partial charge in [-0.2, -0.15) is 15.0 Å². The zero-order valence-electron chi connectivity index (χ0n) is 12.1. The Kier molecular flexibility index (Phi) is 5.61. The molecule has 1 N–H and O–H groups in total. The first kappa shape index (κ1) is 14.5. The van der Waals surface area contributed by atoms with Crippen LogP contribution >= 0.6 is 0 Å². The molecule has 0 unspecified atom stereocenters. The summed E-state index contributed by atoms with van der Waals surface area (Å²) < 4.78 is 0. The lowest BCUT2D eigenvalue weighted by molar-refractivity contribution is 0.710. The molecule has 0 saturated heterocycles. The fraction of sp³-hybridized carbons (Fsp3) is 0.750. The highest BCUT2D eigenvalue weighted by Gasteiger charge is 2.12. The van der Waals surface area contributed by atoms with Crippen LogP contribution in [0.3, 0.4) is 0 Å². The van der Waals surface area contributed by atoms with Crippen LogP contribution in [0.25, 0.3) is 0 Å². The van der Waals surface area contributed by atoms with E-state index < -0.39 is 0 Å². The number of rotatable bonds is 7. The van der Waals surface area contributed by atoms with E-state index in [0.29, 0.717) is 11.9 Å². The van der Waals surface area contributed by atoms with E-state index >= 15 is 0 Å². The van der Waals surface area contributed by atoms with Crippen LogP contribution in [0.1, 0.15) is 26.7 Å². The molecule has 0 bridgehead atoms. The largest absolute Gasteiger partial charge is 0.357 e. The number of aromatic nitrogens is 3. The fourth-order valence-electron chi connectivity index (χ4n) is 1.56. The van der Waals surface area contributed by atoms with Crippen molar-refractivity contribution in [1.82, 2.24) is 15.0 Å². The van der Waals surface area contributed by atoms with Gasteiger partial charge in [0.25, 0.3) is 0 Å². The minimum absolute atomic E-state index is 0.610. The summed E-state index contributed by atoms with van der Waals surface area (Å²) in [5.41, 5.74) is 0. The molecule has 1 aromatic heterocycles. The molecular formula is C12H24N6. The van der Waals surface area contributed by atoms with Crippen LogP contribution in [0.5, 0.6) is 0 Å². The van der Waals surface area contributed by atoms with Crippen LogP contribution < -0.4 is 15.1 Å². The summed E-state index contributed by atoms with van der Waals surface area (Å²) in [5, 5.41) is 2.98. The molecule has 0 radical (unpaired) electrons. The van der Waals surface area contributed by atoms with Crippen molar-refractivity contribution in [2.45, 2.75) is 26.7 Å². The van der Waals surface area contributed by atoms with Crippen molar-refractivity contribution in [3.63, 3.8) is 0 Å². The van der Waals surface area contributed by atoms with Gasteiger partial charge in [-0.1, -0.05) is 13.3 Å². The van der Waals surface area contributed by atoms with Crippen LogP contribution in [-0.4, -0.2) is 49.2 Å². The molecule has 0 saturated carbocycles. The van der Waals surface area contributed by atoms with E-state index in [1.165, 1.54) is 6.42 Å². The molecule has 0 aliphatic heterocycles. The Hall–Kier alpha value is -1.59. The summed E-state index contributed by atoms with van der Waals surface area (Å²) in [4.78, 5) is 17.3. The normalized spacial score (nSPS) is 10.3. The average molecular weight is 252 g/mol. The van der Waals surface area contributed by atoms with Crippen molar-refractivity contribution in [2.75, 3.05) is 49.3 Å². The molecule has 0 atom stereocenters. The topological polar surface area (TPSA) is 57.2 Å². The SMILES string of the molecule is CCCCN(CC)c1nc(NC)nc(N(C)C)n1. The Bertz CT molecular complexity index is 366. The van der Waals surface area contributed by atoms with Gasteiger partial charge >= 0.3 is 0 Å². The van der Waals surface area contributed by atoms with E-state index in [0.717, 1.165) is 25.5 Å². The second-order valence-electron chi connectivity index (χ2n) is 4.34. The van der Waals surface area contributed by atoms with Crippen molar-refractivity contribution >= 4 is 17.8 Å². The third-order valence-electron chi connectivity index (χ3n) is 2.68. The maximum atomic E-state index is 4.49. The lowest BCUT2D eigenvalue weighted by Gasteiger charge is -2.22. The van der Waals surface area contributed by atoms with Crippen LogP contribution in [0, 0.1) is 0 Å². The smallest absolute Gasteiger partial charge is 0.231 e. The minimum Gasteiger partial charge on any atom is -0.357 e. The number of nitrogens with one attached hydrogen (secondary N) is 1. The Balaban J connectivity index is 3.00. The predicted molar refractivity (Wildman–Crippen MR) is 76.5 cm³/mol. The second kappa shape index (κ2) is 6.98. The van der Waals surface area contributed by atoms with Crippen molar-refractivity contribution in [3.05, 3.63) is 0 Å². The average Bonchev–Trinajstić information content (AvgIpc) is 2.39. The monoisotopic (exact) mass is 252 g/mol. The summed E-state index contributed by atoms with van der Waals surface area (Å²) in [6.07, 6.45) is 2.31. The lowest BCUT2D eigenvalue weighted by Crippen LogP contribution is -2.27. The van der Waals surface area contributed by atoms with Crippen LogP contribution in [-0.2, 0) is 0 Å². The van der Waals surface area contributed by atoms with Gasteiger partial charge in [0.15, 0.2) is 0 Å². The first-order valence-electron chi connectivity index (χ1n) is 6.48. The second-order valence-corrected chi connectivity index (χ2v) is 4.34. The van der Waals surface area contributed by atoms with Gasteiger partial charge in [-0.3, -0.25) is 0 Å². The maximum absolute atomic E-state index is 4.49. The Morgan fingerprint density at radius 3 is 2.22 bits per heavy atom. The van der Waals surface area contributed by atoms with E-state index in [2.05, 4.69) is 39.0 Å². The summed E-state index contributed by atoms with van der Waals surface area (Å²) in [6.45, 7) is 6.19. The van der Waals surface area contributed by atoms with Gasteiger partial charge in [0, 0.05) is 34.2 Å². The highest BCUT2D eigenvalue weighted by Crippen LogP contribution is 2.15. The molecule has 0 fully saturated rings. The van der Waals surface area contributed by atoms with Crippen LogP contribution in [0.2, 0.25) is 0 Å².